The van der Waals surface area contributed by atoms with Crippen LogP contribution in [0, 0.1) is 0 Å². The van der Waals surface area contributed by atoms with Crippen LogP contribution in [0.5, 0.6) is 11.5 Å². The van der Waals surface area contributed by atoms with Gasteiger partial charge in [-0.3, -0.25) is 4.79 Å². The van der Waals surface area contributed by atoms with Gasteiger partial charge in [0.25, 0.3) is 5.91 Å². The van der Waals surface area contributed by atoms with Crippen LogP contribution >= 0.6 is 23.2 Å². The average Bonchev–Trinajstić information content (AvgIpc) is 2.63. The Balaban J connectivity index is 2.24. The number of ether oxygens (including phenoxy) is 2. The Morgan fingerprint density at radius 1 is 1.11 bits per heavy atom. The number of benzene rings is 2. The molecular weight excluding hydrogens is 427 g/mol. The van der Waals surface area contributed by atoms with E-state index in [9.17, 15) is 13.2 Å². The zero-order chi connectivity index (χ0) is 21.1. The Bertz CT molecular complexity index is 980. The summed E-state index contributed by atoms with van der Waals surface area (Å²) < 4.78 is 36.5. The molecule has 0 spiro atoms. The Labute approximate surface area is 174 Å². The first-order chi connectivity index (χ1) is 13.1. The maximum Gasteiger partial charge on any atom is 0.265 e. The number of amides is 1. The number of halogens is 2. The molecule has 0 aliphatic heterocycles. The number of anilines is 1. The Morgan fingerprint density at radius 2 is 1.75 bits per heavy atom. The minimum absolute atomic E-state index is 0.0166. The number of hydrogen-bond donors (Lipinski definition) is 1. The molecule has 2 aromatic rings. The molecule has 0 radical (unpaired) electrons. The summed E-state index contributed by atoms with van der Waals surface area (Å²) in [4.78, 5) is 12.6. The molecule has 0 aliphatic rings. The van der Waals surface area contributed by atoms with E-state index >= 15 is 0 Å². The summed E-state index contributed by atoms with van der Waals surface area (Å²) in [5.41, 5.74) is 0.202. The van der Waals surface area contributed by atoms with Gasteiger partial charge in [-0.25, -0.2) is 12.7 Å². The van der Waals surface area contributed by atoms with Gasteiger partial charge in [-0.2, -0.15) is 0 Å². The third-order valence-corrected chi connectivity index (χ3v) is 6.12. The molecule has 1 amide bonds. The molecule has 2 rings (SSSR count). The van der Waals surface area contributed by atoms with Gasteiger partial charge in [0.2, 0.25) is 10.0 Å². The second-order valence-corrected chi connectivity index (χ2v) is 8.97. The quantitative estimate of drug-likeness (QED) is 0.701. The highest BCUT2D eigenvalue weighted by Gasteiger charge is 2.22. The summed E-state index contributed by atoms with van der Waals surface area (Å²) in [6, 6.07) is 8.84. The van der Waals surface area contributed by atoms with Crippen molar-refractivity contribution in [3.8, 4) is 11.5 Å². The van der Waals surface area contributed by atoms with Crippen LogP contribution in [0.4, 0.5) is 5.69 Å². The second-order valence-electron chi connectivity index (χ2n) is 5.97. The summed E-state index contributed by atoms with van der Waals surface area (Å²) in [6.45, 7) is 1.53. The van der Waals surface area contributed by atoms with E-state index in [0.717, 1.165) is 4.31 Å². The lowest BCUT2D eigenvalue weighted by Gasteiger charge is -2.18. The van der Waals surface area contributed by atoms with Gasteiger partial charge in [0.1, 0.15) is 11.5 Å². The first-order valence-electron chi connectivity index (χ1n) is 8.09. The summed E-state index contributed by atoms with van der Waals surface area (Å²) in [6.07, 6.45) is -0.919. The summed E-state index contributed by atoms with van der Waals surface area (Å²) in [5.74, 6) is 0.0936. The summed E-state index contributed by atoms with van der Waals surface area (Å²) >= 11 is 11.9. The molecule has 0 aliphatic carbocycles. The normalized spacial score (nSPS) is 12.5. The first-order valence-corrected chi connectivity index (χ1v) is 10.3. The standard InChI is InChI=1S/C18H20Cl2N2O5S/c1-11(27-16-7-5-12(19)9-14(16)20)18(23)21-15-10-13(6-8-17(15)26-4)28(24,25)22(2)3/h5-11H,1-4H3,(H,21,23). The van der Waals surface area contributed by atoms with Crippen molar-refractivity contribution in [3.63, 3.8) is 0 Å². The molecular formula is C18H20Cl2N2O5S. The van der Waals surface area contributed by atoms with Crippen molar-refractivity contribution in [3.05, 3.63) is 46.4 Å². The van der Waals surface area contributed by atoms with Gasteiger partial charge in [0, 0.05) is 19.1 Å². The van der Waals surface area contributed by atoms with Crippen molar-refractivity contribution in [2.75, 3.05) is 26.5 Å². The van der Waals surface area contributed by atoms with E-state index in [4.69, 9.17) is 32.7 Å². The topological polar surface area (TPSA) is 84.9 Å². The highest BCUT2D eigenvalue weighted by molar-refractivity contribution is 7.89. The Morgan fingerprint density at radius 3 is 2.32 bits per heavy atom. The molecule has 1 atom stereocenters. The van der Waals surface area contributed by atoms with Crippen LogP contribution in [-0.4, -0.2) is 45.9 Å². The summed E-state index contributed by atoms with van der Waals surface area (Å²) in [7, 11) is 0.582. The molecule has 0 heterocycles. The van der Waals surface area contributed by atoms with Gasteiger partial charge < -0.3 is 14.8 Å². The first kappa shape index (κ1) is 22.3. The van der Waals surface area contributed by atoms with Gasteiger partial charge in [-0.1, -0.05) is 23.2 Å². The molecule has 28 heavy (non-hydrogen) atoms. The SMILES string of the molecule is COc1ccc(S(=O)(=O)N(C)C)cc1NC(=O)C(C)Oc1ccc(Cl)cc1Cl. The predicted molar refractivity (Wildman–Crippen MR) is 109 cm³/mol. The van der Waals surface area contributed by atoms with E-state index in [1.807, 2.05) is 0 Å². The largest absolute Gasteiger partial charge is 0.495 e. The second kappa shape index (κ2) is 9.00. The van der Waals surface area contributed by atoms with Crippen molar-refractivity contribution in [2.45, 2.75) is 17.9 Å². The minimum atomic E-state index is -3.67. The van der Waals surface area contributed by atoms with Crippen molar-refractivity contribution in [1.29, 1.82) is 0 Å². The monoisotopic (exact) mass is 446 g/mol. The molecule has 0 aromatic heterocycles. The van der Waals surface area contributed by atoms with Gasteiger partial charge in [0.15, 0.2) is 6.10 Å². The number of carbonyl (C=O) groups is 1. The number of hydrogen-bond acceptors (Lipinski definition) is 5. The van der Waals surface area contributed by atoms with E-state index in [1.54, 1.807) is 12.1 Å². The van der Waals surface area contributed by atoms with E-state index in [1.165, 1.54) is 52.4 Å². The molecule has 0 saturated carbocycles. The fourth-order valence-corrected chi connectivity index (χ4v) is 3.59. The maximum atomic E-state index is 12.5. The smallest absolute Gasteiger partial charge is 0.265 e. The Kier molecular flexibility index (Phi) is 7.16. The van der Waals surface area contributed by atoms with Crippen LogP contribution in [0.3, 0.4) is 0 Å². The van der Waals surface area contributed by atoms with Crippen LogP contribution < -0.4 is 14.8 Å². The zero-order valence-electron chi connectivity index (χ0n) is 15.7. The number of rotatable bonds is 7. The molecule has 1 unspecified atom stereocenters. The van der Waals surface area contributed by atoms with Crippen LogP contribution in [0.2, 0.25) is 10.0 Å². The van der Waals surface area contributed by atoms with Crippen LogP contribution in [0.25, 0.3) is 0 Å². The lowest BCUT2D eigenvalue weighted by atomic mass is 10.2. The molecule has 10 heteroatoms. The highest BCUT2D eigenvalue weighted by atomic mass is 35.5. The third kappa shape index (κ3) is 5.08. The maximum absolute atomic E-state index is 12.5. The average molecular weight is 447 g/mol. The number of methoxy groups -OCH3 is 1. The van der Waals surface area contributed by atoms with Crippen molar-refractivity contribution in [1.82, 2.24) is 4.31 Å². The molecule has 152 valence electrons. The molecule has 0 fully saturated rings. The van der Waals surface area contributed by atoms with Crippen molar-refractivity contribution >= 4 is 44.8 Å². The molecule has 0 saturated heterocycles. The number of nitrogens with one attached hydrogen (secondary N) is 1. The fraction of sp³-hybridized carbons (Fsp3) is 0.278. The third-order valence-electron chi connectivity index (χ3n) is 3.77. The lowest BCUT2D eigenvalue weighted by Crippen LogP contribution is -2.30. The van der Waals surface area contributed by atoms with E-state index in [0.29, 0.717) is 16.5 Å². The van der Waals surface area contributed by atoms with Gasteiger partial charge in [-0.15, -0.1) is 0 Å². The summed E-state index contributed by atoms with van der Waals surface area (Å²) in [5, 5.41) is 3.33. The minimum Gasteiger partial charge on any atom is -0.495 e. The fourth-order valence-electron chi connectivity index (χ4n) is 2.21. The van der Waals surface area contributed by atoms with Crippen LogP contribution in [0.15, 0.2) is 41.3 Å². The van der Waals surface area contributed by atoms with Crippen LogP contribution in [-0.2, 0) is 14.8 Å². The zero-order valence-corrected chi connectivity index (χ0v) is 18.0. The predicted octanol–water partition coefficient (Wildman–Crippen LogP) is 3.66. The highest BCUT2D eigenvalue weighted by Crippen LogP contribution is 2.30. The van der Waals surface area contributed by atoms with Gasteiger partial charge >= 0.3 is 0 Å². The van der Waals surface area contributed by atoms with E-state index in [-0.39, 0.29) is 15.6 Å². The van der Waals surface area contributed by atoms with Crippen LogP contribution in [0.1, 0.15) is 6.92 Å². The number of carbonyl (C=O) groups excluding carboxylic acids is 1. The van der Waals surface area contributed by atoms with Gasteiger partial charge in [0.05, 0.1) is 22.7 Å². The number of nitrogens with zero attached hydrogens (tertiary/aromatic N) is 1. The molecule has 0 bridgehead atoms. The Hall–Kier alpha value is -2.00. The molecule has 2 aromatic carbocycles. The van der Waals surface area contributed by atoms with E-state index in [2.05, 4.69) is 5.32 Å². The number of sulfonamides is 1. The molecule has 7 nitrogen and oxygen atoms in total. The van der Waals surface area contributed by atoms with Crippen molar-refractivity contribution in [2.24, 2.45) is 0 Å². The van der Waals surface area contributed by atoms with Crippen molar-refractivity contribution < 1.29 is 22.7 Å². The van der Waals surface area contributed by atoms with Gasteiger partial charge in [-0.05, 0) is 43.3 Å². The van der Waals surface area contributed by atoms with E-state index < -0.39 is 22.0 Å². The molecule has 1 N–H and O–H groups in total. The lowest BCUT2D eigenvalue weighted by molar-refractivity contribution is -0.122.